The Balaban J connectivity index is 1.81. The van der Waals surface area contributed by atoms with Crippen LogP contribution < -0.4 is 9.47 Å². The van der Waals surface area contributed by atoms with Gasteiger partial charge in [-0.2, -0.15) is 0 Å². The van der Waals surface area contributed by atoms with E-state index in [0.717, 1.165) is 23.6 Å². The van der Waals surface area contributed by atoms with Crippen LogP contribution in [0.1, 0.15) is 28.4 Å². The summed E-state index contributed by atoms with van der Waals surface area (Å²) in [6.45, 7) is 3.35. The number of esters is 1. The first-order valence-electron chi connectivity index (χ1n) is 8.03. The number of carbonyl (C=O) groups excluding carboxylic acids is 1. The van der Waals surface area contributed by atoms with Gasteiger partial charge in [-0.3, -0.25) is 0 Å². The zero-order valence-electron chi connectivity index (χ0n) is 14.6. The molecule has 1 aliphatic rings. The van der Waals surface area contributed by atoms with E-state index in [9.17, 15) is 4.79 Å². The van der Waals surface area contributed by atoms with Crippen LogP contribution in [0.15, 0.2) is 54.4 Å². The summed E-state index contributed by atoms with van der Waals surface area (Å²) in [5.41, 5.74) is 2.69. The number of allylic oxidation sites excluding steroid dienone is 1. The van der Waals surface area contributed by atoms with Crippen molar-refractivity contribution in [3.8, 4) is 11.5 Å². The molecule has 130 valence electrons. The molecule has 0 bridgehead atoms. The van der Waals surface area contributed by atoms with Crippen LogP contribution >= 0.6 is 0 Å². The van der Waals surface area contributed by atoms with Gasteiger partial charge in [-0.1, -0.05) is 18.2 Å². The van der Waals surface area contributed by atoms with Crippen LogP contribution in [0.3, 0.4) is 0 Å². The maximum absolute atomic E-state index is 11.7. The summed E-state index contributed by atoms with van der Waals surface area (Å²) in [4.78, 5) is 13.9. The van der Waals surface area contributed by atoms with Crippen LogP contribution in [0.25, 0.3) is 0 Å². The van der Waals surface area contributed by atoms with Crippen molar-refractivity contribution in [1.29, 1.82) is 0 Å². The summed E-state index contributed by atoms with van der Waals surface area (Å²) < 4.78 is 15.9. The zero-order chi connectivity index (χ0) is 17.8. The lowest BCUT2D eigenvalue weighted by molar-refractivity contribution is 0.0600. The number of ether oxygens (including phenoxy) is 3. The van der Waals surface area contributed by atoms with E-state index in [4.69, 9.17) is 14.2 Å². The average molecular weight is 339 g/mol. The highest BCUT2D eigenvalue weighted by Gasteiger charge is 2.17. The Morgan fingerprint density at radius 3 is 2.60 bits per heavy atom. The zero-order valence-corrected chi connectivity index (χ0v) is 14.6. The third-order valence-electron chi connectivity index (χ3n) is 4.04. The largest absolute Gasteiger partial charge is 0.497 e. The predicted molar refractivity (Wildman–Crippen MR) is 94.4 cm³/mol. The van der Waals surface area contributed by atoms with E-state index >= 15 is 0 Å². The molecule has 0 spiro atoms. The Kier molecular flexibility index (Phi) is 4.93. The van der Waals surface area contributed by atoms with E-state index in [-0.39, 0.29) is 5.97 Å². The van der Waals surface area contributed by atoms with Crippen LogP contribution in [0, 0.1) is 0 Å². The molecule has 0 radical (unpaired) electrons. The topological polar surface area (TPSA) is 48.0 Å². The maximum atomic E-state index is 11.7. The van der Waals surface area contributed by atoms with Gasteiger partial charge in [-0.05, 0) is 36.8 Å². The monoisotopic (exact) mass is 339 g/mol. The molecule has 3 rings (SSSR count). The van der Waals surface area contributed by atoms with Gasteiger partial charge in [-0.15, -0.1) is 0 Å². The van der Waals surface area contributed by atoms with Crippen molar-refractivity contribution in [2.45, 2.75) is 20.0 Å². The normalized spacial score (nSPS) is 13.2. The molecule has 1 heterocycles. The summed E-state index contributed by atoms with van der Waals surface area (Å²) in [5, 5.41) is 0. The average Bonchev–Trinajstić information content (AvgIpc) is 2.78. The van der Waals surface area contributed by atoms with Gasteiger partial charge in [0.2, 0.25) is 0 Å². The van der Waals surface area contributed by atoms with Gasteiger partial charge in [0.15, 0.2) is 0 Å². The second-order valence-electron chi connectivity index (χ2n) is 5.91. The minimum absolute atomic E-state index is 0.368. The van der Waals surface area contributed by atoms with Crippen molar-refractivity contribution >= 4 is 5.97 Å². The quantitative estimate of drug-likeness (QED) is 0.794. The van der Waals surface area contributed by atoms with Crippen molar-refractivity contribution in [3.63, 3.8) is 0 Å². The van der Waals surface area contributed by atoms with Gasteiger partial charge in [0.1, 0.15) is 17.3 Å². The number of rotatable bonds is 4. The molecule has 0 saturated carbocycles. The van der Waals surface area contributed by atoms with E-state index in [2.05, 4.69) is 17.0 Å². The Hall–Kier alpha value is -2.95. The molecule has 0 unspecified atom stereocenters. The summed E-state index contributed by atoms with van der Waals surface area (Å²) in [5.74, 6) is 1.94. The van der Waals surface area contributed by atoms with Crippen molar-refractivity contribution in [2.75, 3.05) is 14.2 Å². The van der Waals surface area contributed by atoms with Gasteiger partial charge in [0.05, 0.1) is 19.8 Å². The summed E-state index contributed by atoms with van der Waals surface area (Å²) in [6, 6.07) is 13.4. The Labute approximate surface area is 147 Å². The first-order valence-corrected chi connectivity index (χ1v) is 8.03. The lowest BCUT2D eigenvalue weighted by Crippen LogP contribution is -2.16. The molecule has 0 aliphatic carbocycles. The van der Waals surface area contributed by atoms with Gasteiger partial charge in [0, 0.05) is 24.9 Å². The van der Waals surface area contributed by atoms with Gasteiger partial charge < -0.3 is 19.1 Å². The Bertz CT molecular complexity index is 796. The van der Waals surface area contributed by atoms with Gasteiger partial charge >= 0.3 is 5.97 Å². The van der Waals surface area contributed by atoms with Crippen LogP contribution in [0.2, 0.25) is 0 Å². The second-order valence-corrected chi connectivity index (χ2v) is 5.91. The fraction of sp³-hybridized carbons (Fsp3) is 0.250. The van der Waals surface area contributed by atoms with Gasteiger partial charge in [0.25, 0.3) is 0 Å². The highest BCUT2D eigenvalue weighted by atomic mass is 16.5. The van der Waals surface area contributed by atoms with Crippen molar-refractivity contribution < 1.29 is 19.0 Å². The molecule has 0 aromatic heterocycles. The Morgan fingerprint density at radius 1 is 1.16 bits per heavy atom. The van der Waals surface area contributed by atoms with Crippen LogP contribution in [-0.2, 0) is 17.8 Å². The van der Waals surface area contributed by atoms with E-state index in [1.165, 1.54) is 12.7 Å². The number of hydrogen-bond donors (Lipinski definition) is 0. The molecule has 2 aromatic rings. The third-order valence-corrected chi connectivity index (χ3v) is 4.04. The number of benzene rings is 2. The first-order chi connectivity index (χ1) is 12.1. The molecule has 0 N–H and O–H groups in total. The lowest BCUT2D eigenvalue weighted by Gasteiger charge is -2.19. The fourth-order valence-electron chi connectivity index (χ4n) is 2.81. The van der Waals surface area contributed by atoms with Crippen molar-refractivity contribution in [1.82, 2.24) is 4.90 Å². The smallest absolute Gasteiger partial charge is 0.337 e. The van der Waals surface area contributed by atoms with E-state index in [1.807, 2.05) is 31.3 Å². The van der Waals surface area contributed by atoms with Crippen LogP contribution in [0.5, 0.6) is 11.5 Å². The highest BCUT2D eigenvalue weighted by molar-refractivity contribution is 5.89. The minimum Gasteiger partial charge on any atom is -0.497 e. The van der Waals surface area contributed by atoms with E-state index in [0.29, 0.717) is 17.9 Å². The molecular formula is C20H21NO4. The maximum Gasteiger partial charge on any atom is 0.337 e. The number of nitrogens with zero attached hydrogens (tertiary/aromatic N) is 1. The first kappa shape index (κ1) is 16.9. The summed E-state index contributed by atoms with van der Waals surface area (Å²) >= 11 is 0. The molecule has 2 aromatic carbocycles. The number of carbonyl (C=O) groups is 1. The SMILES string of the molecule is COC(=O)c1ccc2c(c1)OC(C)=CN(Cc1ccc(OC)cc1)C2. The third kappa shape index (κ3) is 3.94. The van der Waals surface area contributed by atoms with Crippen LogP contribution in [0.4, 0.5) is 0 Å². The molecule has 25 heavy (non-hydrogen) atoms. The number of methoxy groups -OCH3 is 2. The van der Waals surface area contributed by atoms with Crippen LogP contribution in [-0.4, -0.2) is 25.1 Å². The number of fused-ring (bicyclic) bond motifs is 1. The number of hydrogen-bond acceptors (Lipinski definition) is 5. The Morgan fingerprint density at radius 2 is 1.92 bits per heavy atom. The highest BCUT2D eigenvalue weighted by Crippen LogP contribution is 2.28. The van der Waals surface area contributed by atoms with Crippen molar-refractivity contribution in [3.05, 3.63) is 71.1 Å². The minimum atomic E-state index is -0.368. The lowest BCUT2D eigenvalue weighted by atomic mass is 10.1. The molecule has 0 amide bonds. The molecule has 0 atom stereocenters. The predicted octanol–water partition coefficient (Wildman–Crippen LogP) is 3.74. The van der Waals surface area contributed by atoms with E-state index < -0.39 is 0 Å². The second kappa shape index (κ2) is 7.30. The fourth-order valence-corrected chi connectivity index (χ4v) is 2.81. The molecule has 5 nitrogen and oxygen atoms in total. The molecule has 1 aliphatic heterocycles. The molecular weight excluding hydrogens is 318 g/mol. The van der Waals surface area contributed by atoms with Gasteiger partial charge in [-0.25, -0.2) is 4.79 Å². The standard InChI is InChI=1S/C20H21NO4/c1-14-11-21(12-15-4-8-18(23-2)9-5-15)13-17-7-6-16(20(22)24-3)10-19(17)25-14/h4-11H,12-13H2,1-3H3. The molecule has 0 fully saturated rings. The van der Waals surface area contributed by atoms with E-state index in [1.54, 1.807) is 19.2 Å². The molecule has 0 saturated heterocycles. The molecule has 5 heteroatoms. The summed E-state index contributed by atoms with van der Waals surface area (Å²) in [6.07, 6.45) is 1.99. The van der Waals surface area contributed by atoms with Crippen molar-refractivity contribution in [2.24, 2.45) is 0 Å². The summed E-state index contributed by atoms with van der Waals surface area (Å²) in [7, 11) is 3.03.